The molecule has 1 aliphatic heterocycles. The van der Waals surface area contributed by atoms with Gasteiger partial charge in [0, 0.05) is 6.42 Å². The van der Waals surface area contributed by atoms with Crippen LogP contribution in [0, 0.1) is 0 Å². The predicted octanol–water partition coefficient (Wildman–Crippen LogP) is -1.47. The average Bonchev–Trinajstić information content (AvgIpc) is 2.45. The maximum Gasteiger partial charge on any atom is 0.330 e. The molecule has 1 aliphatic rings. The molecule has 6 nitrogen and oxygen atoms in total. The Morgan fingerprint density at radius 2 is 2.50 bits per heavy atom. The third-order valence-electron chi connectivity index (χ3n) is 1.82. The summed E-state index contributed by atoms with van der Waals surface area (Å²) in [5, 5.41) is 1.09. The molecular weight excluding hydrogens is 162 g/mol. The van der Waals surface area contributed by atoms with Gasteiger partial charge in [-0.3, -0.25) is 15.6 Å². The van der Waals surface area contributed by atoms with Gasteiger partial charge in [-0.2, -0.15) is 5.53 Å². The van der Waals surface area contributed by atoms with Crippen LogP contribution < -0.4 is 11.4 Å². The summed E-state index contributed by atoms with van der Waals surface area (Å²) in [6.45, 7) is 0. The highest BCUT2D eigenvalue weighted by Crippen LogP contribution is 2.16. The van der Waals surface area contributed by atoms with Gasteiger partial charge in [0.25, 0.3) is 0 Å². The number of nitrogens with zero attached hydrogens (tertiary/aromatic N) is 1. The molecule has 0 aromatic rings. The number of hydrazine groups is 2. The van der Waals surface area contributed by atoms with Crippen molar-refractivity contribution in [1.82, 2.24) is 10.5 Å². The second-order valence-electron chi connectivity index (χ2n) is 2.47. The fourth-order valence-electron chi connectivity index (χ4n) is 1.20. The Morgan fingerprint density at radius 3 is 3.00 bits per heavy atom. The van der Waals surface area contributed by atoms with Crippen LogP contribution in [0.15, 0.2) is 0 Å². The molecule has 0 bridgehead atoms. The third kappa shape index (κ3) is 1.39. The standard InChI is InChI=1S/C6H11N3O3/c1-12-6(11)4-2-3-5(10)9(4)8-7/h4,8H,2-3,7H2,1H3. The topological polar surface area (TPSA) is 84.7 Å². The predicted molar refractivity (Wildman–Crippen MR) is 39.2 cm³/mol. The van der Waals surface area contributed by atoms with Gasteiger partial charge in [-0.25, -0.2) is 4.79 Å². The number of ether oxygens (including phenoxy) is 1. The number of amides is 1. The number of hydrogen-bond acceptors (Lipinski definition) is 5. The third-order valence-corrected chi connectivity index (χ3v) is 1.82. The van der Waals surface area contributed by atoms with E-state index in [-0.39, 0.29) is 5.91 Å². The fraction of sp³-hybridized carbons (Fsp3) is 0.667. The summed E-state index contributed by atoms with van der Waals surface area (Å²) >= 11 is 0. The largest absolute Gasteiger partial charge is 0.467 e. The molecule has 1 atom stereocenters. The highest BCUT2D eigenvalue weighted by molar-refractivity contribution is 5.87. The van der Waals surface area contributed by atoms with E-state index in [0.717, 1.165) is 5.01 Å². The van der Waals surface area contributed by atoms with E-state index in [2.05, 4.69) is 10.3 Å². The first-order valence-corrected chi connectivity index (χ1v) is 3.57. The number of carbonyl (C=O) groups excluding carboxylic acids is 2. The van der Waals surface area contributed by atoms with Gasteiger partial charge in [-0.1, -0.05) is 0 Å². The molecule has 1 amide bonds. The summed E-state index contributed by atoms with van der Waals surface area (Å²) in [7, 11) is 1.28. The van der Waals surface area contributed by atoms with Gasteiger partial charge in [-0.15, -0.1) is 0 Å². The van der Waals surface area contributed by atoms with Gasteiger partial charge in [-0.05, 0) is 6.42 Å². The minimum Gasteiger partial charge on any atom is -0.467 e. The molecule has 0 spiro atoms. The number of nitrogens with two attached hydrogens (primary N) is 1. The molecule has 0 radical (unpaired) electrons. The van der Waals surface area contributed by atoms with Crippen LogP contribution in [0.3, 0.4) is 0 Å². The first kappa shape index (κ1) is 8.95. The van der Waals surface area contributed by atoms with Crippen molar-refractivity contribution in [2.45, 2.75) is 18.9 Å². The van der Waals surface area contributed by atoms with Gasteiger partial charge in [0.2, 0.25) is 5.91 Å². The monoisotopic (exact) mass is 173 g/mol. The van der Waals surface area contributed by atoms with E-state index in [0.29, 0.717) is 12.8 Å². The van der Waals surface area contributed by atoms with Gasteiger partial charge >= 0.3 is 5.97 Å². The Morgan fingerprint density at radius 1 is 1.83 bits per heavy atom. The summed E-state index contributed by atoms with van der Waals surface area (Å²) in [5.74, 6) is 4.42. The number of rotatable bonds is 2. The Balaban J connectivity index is 2.66. The van der Waals surface area contributed by atoms with Crippen molar-refractivity contribution in [2.75, 3.05) is 7.11 Å². The zero-order valence-electron chi connectivity index (χ0n) is 6.74. The van der Waals surface area contributed by atoms with Crippen molar-refractivity contribution in [3.05, 3.63) is 0 Å². The molecular formula is C6H11N3O3. The highest BCUT2D eigenvalue weighted by atomic mass is 16.5. The molecule has 0 aliphatic carbocycles. The number of methoxy groups -OCH3 is 1. The molecule has 1 fully saturated rings. The summed E-state index contributed by atoms with van der Waals surface area (Å²) in [6.07, 6.45) is 0.777. The minimum absolute atomic E-state index is 0.187. The molecule has 0 aromatic heterocycles. The summed E-state index contributed by atoms with van der Waals surface area (Å²) in [4.78, 5) is 22.0. The highest BCUT2D eigenvalue weighted by Gasteiger charge is 2.36. The van der Waals surface area contributed by atoms with Gasteiger partial charge in [0.05, 0.1) is 7.11 Å². The van der Waals surface area contributed by atoms with Crippen LogP contribution in [0.2, 0.25) is 0 Å². The summed E-state index contributed by atoms with van der Waals surface area (Å²) < 4.78 is 4.49. The molecule has 1 rings (SSSR count). The van der Waals surface area contributed by atoms with E-state index < -0.39 is 12.0 Å². The first-order valence-electron chi connectivity index (χ1n) is 3.57. The Bertz CT molecular complexity index is 206. The lowest BCUT2D eigenvalue weighted by Crippen LogP contribution is -2.51. The summed E-state index contributed by atoms with van der Waals surface area (Å²) in [6, 6.07) is -0.576. The molecule has 68 valence electrons. The van der Waals surface area contributed by atoms with Crippen molar-refractivity contribution in [3.63, 3.8) is 0 Å². The van der Waals surface area contributed by atoms with Crippen molar-refractivity contribution in [3.8, 4) is 0 Å². The molecule has 1 saturated heterocycles. The van der Waals surface area contributed by atoms with Crippen LogP contribution in [-0.2, 0) is 14.3 Å². The lowest BCUT2D eigenvalue weighted by molar-refractivity contribution is -0.151. The zero-order valence-corrected chi connectivity index (χ0v) is 6.74. The molecule has 0 aromatic carbocycles. The quantitative estimate of drug-likeness (QED) is 0.302. The van der Waals surface area contributed by atoms with E-state index in [9.17, 15) is 9.59 Å². The molecule has 1 unspecified atom stereocenters. The Kier molecular flexibility index (Phi) is 2.61. The average molecular weight is 173 g/mol. The molecule has 3 N–H and O–H groups in total. The SMILES string of the molecule is COC(=O)C1CCC(=O)N1NN. The van der Waals surface area contributed by atoms with Crippen LogP contribution in [0.5, 0.6) is 0 Å². The smallest absolute Gasteiger partial charge is 0.330 e. The normalized spacial score (nSPS) is 23.0. The van der Waals surface area contributed by atoms with Crippen LogP contribution in [0.25, 0.3) is 0 Å². The van der Waals surface area contributed by atoms with Crippen molar-refractivity contribution in [1.29, 1.82) is 0 Å². The second kappa shape index (κ2) is 3.51. The molecule has 0 saturated carbocycles. The van der Waals surface area contributed by atoms with Gasteiger partial charge in [0.15, 0.2) is 0 Å². The molecule has 1 heterocycles. The number of hydrogen-bond donors (Lipinski definition) is 2. The van der Waals surface area contributed by atoms with Crippen molar-refractivity contribution >= 4 is 11.9 Å². The van der Waals surface area contributed by atoms with Crippen molar-refractivity contribution < 1.29 is 14.3 Å². The second-order valence-corrected chi connectivity index (χ2v) is 2.47. The molecule has 6 heteroatoms. The zero-order chi connectivity index (χ0) is 9.14. The van der Waals surface area contributed by atoms with Gasteiger partial charge in [0.1, 0.15) is 6.04 Å². The van der Waals surface area contributed by atoms with E-state index in [1.165, 1.54) is 7.11 Å². The van der Waals surface area contributed by atoms with E-state index in [1.54, 1.807) is 0 Å². The van der Waals surface area contributed by atoms with Gasteiger partial charge < -0.3 is 4.74 Å². The van der Waals surface area contributed by atoms with Crippen LogP contribution in [-0.4, -0.2) is 30.0 Å². The fourth-order valence-corrected chi connectivity index (χ4v) is 1.20. The lowest BCUT2D eigenvalue weighted by Gasteiger charge is -2.20. The minimum atomic E-state index is -0.576. The first-order chi connectivity index (χ1) is 5.70. The van der Waals surface area contributed by atoms with Crippen molar-refractivity contribution in [2.24, 2.45) is 5.84 Å². The van der Waals surface area contributed by atoms with E-state index >= 15 is 0 Å². The maximum atomic E-state index is 11.0. The lowest BCUT2D eigenvalue weighted by atomic mass is 10.2. The Labute approximate surface area is 69.6 Å². The van der Waals surface area contributed by atoms with E-state index in [4.69, 9.17) is 5.84 Å². The number of esters is 1. The summed E-state index contributed by atoms with van der Waals surface area (Å²) in [5.41, 5.74) is 2.16. The van der Waals surface area contributed by atoms with Crippen LogP contribution >= 0.6 is 0 Å². The van der Waals surface area contributed by atoms with E-state index in [1.807, 2.05) is 0 Å². The Hall–Kier alpha value is -1.14. The molecule has 12 heavy (non-hydrogen) atoms. The maximum absolute atomic E-state index is 11.0. The van der Waals surface area contributed by atoms with Crippen LogP contribution in [0.1, 0.15) is 12.8 Å². The van der Waals surface area contributed by atoms with Crippen LogP contribution in [0.4, 0.5) is 0 Å². The number of carbonyl (C=O) groups is 2. The number of nitrogens with one attached hydrogen (secondary N) is 1.